The third kappa shape index (κ3) is 3.59. The summed E-state index contributed by atoms with van der Waals surface area (Å²) in [4.78, 5) is 27.1. The Morgan fingerprint density at radius 2 is 1.91 bits per heavy atom. The number of hydrogen-bond donors (Lipinski definition) is 1. The number of benzene rings is 1. The second kappa shape index (κ2) is 6.38. The highest BCUT2D eigenvalue weighted by Crippen LogP contribution is 2.42. The van der Waals surface area contributed by atoms with E-state index in [-0.39, 0.29) is 23.9 Å². The number of amides is 3. The Morgan fingerprint density at radius 3 is 2.50 bits per heavy atom. The van der Waals surface area contributed by atoms with E-state index in [1.807, 2.05) is 23.1 Å². The van der Waals surface area contributed by atoms with Crippen LogP contribution in [0.1, 0.15) is 25.3 Å². The third-order valence-corrected chi connectivity index (χ3v) is 4.30. The second-order valence-corrected chi connectivity index (χ2v) is 6.78. The van der Waals surface area contributed by atoms with Crippen LogP contribution in [0.3, 0.4) is 0 Å². The third-order valence-electron chi connectivity index (χ3n) is 4.30. The highest BCUT2D eigenvalue weighted by atomic mass is 16.2. The summed E-state index contributed by atoms with van der Waals surface area (Å²) in [6.45, 7) is 5.85. The summed E-state index contributed by atoms with van der Waals surface area (Å²) in [6, 6.07) is 10.1. The van der Waals surface area contributed by atoms with Gasteiger partial charge in [0.2, 0.25) is 5.91 Å². The van der Waals surface area contributed by atoms with Crippen molar-refractivity contribution in [2.75, 3.05) is 33.7 Å². The maximum atomic E-state index is 12.3. The van der Waals surface area contributed by atoms with Crippen LogP contribution in [0.15, 0.2) is 30.3 Å². The number of carbonyl (C=O) groups is 2. The first-order valence-corrected chi connectivity index (χ1v) is 7.59. The van der Waals surface area contributed by atoms with E-state index < -0.39 is 0 Å². The molecule has 0 aliphatic carbocycles. The van der Waals surface area contributed by atoms with Gasteiger partial charge in [0.05, 0.1) is 6.54 Å². The number of rotatable bonds is 3. The van der Waals surface area contributed by atoms with Crippen LogP contribution in [0, 0.1) is 5.41 Å². The monoisotopic (exact) mass is 303 g/mol. The number of likely N-dealkylation sites (tertiary alicyclic amines) is 1. The smallest absolute Gasteiger partial charge is 0.317 e. The van der Waals surface area contributed by atoms with Crippen molar-refractivity contribution in [2.24, 2.45) is 5.41 Å². The Kier molecular flexibility index (Phi) is 4.74. The number of nitrogens with zero attached hydrogens (tertiary/aromatic N) is 2. The zero-order chi connectivity index (χ0) is 16.3. The second-order valence-electron chi connectivity index (χ2n) is 6.78. The average Bonchev–Trinajstić information content (AvgIpc) is 2.80. The summed E-state index contributed by atoms with van der Waals surface area (Å²) in [5.74, 6) is 0.295. The number of urea groups is 1. The minimum atomic E-state index is -0.244. The molecule has 1 atom stereocenters. The fourth-order valence-corrected chi connectivity index (χ4v) is 2.99. The van der Waals surface area contributed by atoms with E-state index in [0.29, 0.717) is 19.0 Å². The Balaban J connectivity index is 2.00. The summed E-state index contributed by atoms with van der Waals surface area (Å²) in [5.41, 5.74) is 1.29. The molecule has 0 saturated carbocycles. The van der Waals surface area contributed by atoms with Gasteiger partial charge < -0.3 is 15.1 Å². The molecule has 1 heterocycles. The molecule has 5 heteroatoms. The van der Waals surface area contributed by atoms with Gasteiger partial charge in [0.1, 0.15) is 0 Å². The fraction of sp³-hybridized carbons (Fsp3) is 0.529. The molecule has 0 aromatic heterocycles. The Hall–Kier alpha value is -2.04. The summed E-state index contributed by atoms with van der Waals surface area (Å²) in [6.07, 6.45) is 0. The first kappa shape index (κ1) is 16.3. The molecule has 1 aromatic carbocycles. The molecule has 0 unspecified atom stereocenters. The van der Waals surface area contributed by atoms with Crippen molar-refractivity contribution < 1.29 is 9.59 Å². The molecule has 0 bridgehead atoms. The van der Waals surface area contributed by atoms with Gasteiger partial charge in [-0.2, -0.15) is 0 Å². The number of hydrogen-bond acceptors (Lipinski definition) is 2. The zero-order valence-corrected chi connectivity index (χ0v) is 13.8. The van der Waals surface area contributed by atoms with Gasteiger partial charge in [-0.05, 0) is 11.0 Å². The largest absolute Gasteiger partial charge is 0.340 e. The highest BCUT2D eigenvalue weighted by Gasteiger charge is 2.41. The predicted octanol–water partition coefficient (Wildman–Crippen LogP) is 1.91. The summed E-state index contributed by atoms with van der Waals surface area (Å²) < 4.78 is 0. The molecule has 1 N–H and O–H groups in total. The summed E-state index contributed by atoms with van der Waals surface area (Å²) >= 11 is 0. The highest BCUT2D eigenvalue weighted by molar-refractivity contribution is 5.84. The van der Waals surface area contributed by atoms with Crippen molar-refractivity contribution in [3.63, 3.8) is 0 Å². The van der Waals surface area contributed by atoms with Gasteiger partial charge in [-0.1, -0.05) is 44.2 Å². The molecule has 1 aliphatic rings. The van der Waals surface area contributed by atoms with Crippen LogP contribution in [0.5, 0.6) is 0 Å². The lowest BCUT2D eigenvalue weighted by molar-refractivity contribution is -0.129. The van der Waals surface area contributed by atoms with Crippen molar-refractivity contribution in [2.45, 2.75) is 19.8 Å². The van der Waals surface area contributed by atoms with Crippen LogP contribution in [0.4, 0.5) is 4.79 Å². The molecule has 1 saturated heterocycles. The maximum Gasteiger partial charge on any atom is 0.317 e. The van der Waals surface area contributed by atoms with Crippen LogP contribution < -0.4 is 5.32 Å². The van der Waals surface area contributed by atoms with Crippen molar-refractivity contribution in [1.82, 2.24) is 15.1 Å². The Labute approximate surface area is 132 Å². The molecule has 2 rings (SSSR count). The average molecular weight is 303 g/mol. The van der Waals surface area contributed by atoms with Crippen LogP contribution >= 0.6 is 0 Å². The maximum absolute atomic E-state index is 12.3. The molecule has 120 valence electrons. The normalized spacial score (nSPS) is 19.8. The van der Waals surface area contributed by atoms with Crippen molar-refractivity contribution in [1.29, 1.82) is 0 Å². The lowest BCUT2D eigenvalue weighted by Crippen LogP contribution is -2.43. The van der Waals surface area contributed by atoms with Crippen molar-refractivity contribution in [3.8, 4) is 0 Å². The lowest BCUT2D eigenvalue weighted by atomic mass is 9.78. The van der Waals surface area contributed by atoms with Gasteiger partial charge in [0.15, 0.2) is 0 Å². The molecule has 1 fully saturated rings. The molecule has 0 spiro atoms. The van der Waals surface area contributed by atoms with E-state index in [1.54, 1.807) is 14.1 Å². The summed E-state index contributed by atoms with van der Waals surface area (Å²) in [5, 5.41) is 2.64. The minimum absolute atomic E-state index is 0.0262. The van der Waals surface area contributed by atoms with Crippen molar-refractivity contribution in [3.05, 3.63) is 35.9 Å². The lowest BCUT2D eigenvalue weighted by Gasteiger charge is -2.25. The first-order valence-electron chi connectivity index (χ1n) is 7.59. The Bertz CT molecular complexity index is 540. The standard InChI is InChI=1S/C17H25N3O2/c1-17(2)12-20(15(21)10-18-16(22)19(3)4)11-14(17)13-8-6-5-7-9-13/h5-9,14H,10-12H2,1-4H3,(H,18,22)/t14-/m1/s1. The van der Waals surface area contributed by atoms with Gasteiger partial charge in [-0.25, -0.2) is 4.79 Å². The van der Waals surface area contributed by atoms with Gasteiger partial charge in [0, 0.05) is 33.1 Å². The molecule has 22 heavy (non-hydrogen) atoms. The van der Waals surface area contributed by atoms with E-state index in [2.05, 4.69) is 31.3 Å². The molecular weight excluding hydrogens is 278 g/mol. The number of nitrogens with one attached hydrogen (secondary N) is 1. The van der Waals surface area contributed by atoms with Crippen molar-refractivity contribution >= 4 is 11.9 Å². The first-order chi connectivity index (χ1) is 10.3. The molecule has 3 amide bonds. The fourth-order valence-electron chi connectivity index (χ4n) is 2.99. The minimum Gasteiger partial charge on any atom is -0.340 e. The molecular formula is C17H25N3O2. The van der Waals surface area contributed by atoms with E-state index in [1.165, 1.54) is 10.5 Å². The molecule has 1 aromatic rings. The number of carbonyl (C=O) groups excluding carboxylic acids is 2. The van der Waals surface area contributed by atoms with E-state index in [0.717, 1.165) is 0 Å². The zero-order valence-electron chi connectivity index (χ0n) is 13.8. The van der Waals surface area contributed by atoms with Gasteiger partial charge in [-0.3, -0.25) is 4.79 Å². The van der Waals surface area contributed by atoms with E-state index in [4.69, 9.17) is 0 Å². The van der Waals surface area contributed by atoms with E-state index in [9.17, 15) is 9.59 Å². The molecule has 5 nitrogen and oxygen atoms in total. The Morgan fingerprint density at radius 1 is 1.27 bits per heavy atom. The van der Waals surface area contributed by atoms with Gasteiger partial charge in [0.25, 0.3) is 0 Å². The van der Waals surface area contributed by atoms with Crippen LogP contribution in [-0.4, -0.2) is 55.5 Å². The van der Waals surface area contributed by atoms with Crippen LogP contribution in [0.25, 0.3) is 0 Å². The molecule has 0 radical (unpaired) electrons. The topological polar surface area (TPSA) is 52.7 Å². The van der Waals surface area contributed by atoms with Gasteiger partial charge >= 0.3 is 6.03 Å². The van der Waals surface area contributed by atoms with E-state index >= 15 is 0 Å². The van der Waals surface area contributed by atoms with Crippen LogP contribution in [-0.2, 0) is 4.79 Å². The quantitative estimate of drug-likeness (QED) is 0.927. The van der Waals surface area contributed by atoms with Crippen LogP contribution in [0.2, 0.25) is 0 Å². The van der Waals surface area contributed by atoms with Gasteiger partial charge in [-0.15, -0.1) is 0 Å². The summed E-state index contributed by atoms with van der Waals surface area (Å²) in [7, 11) is 3.31. The SMILES string of the molecule is CN(C)C(=O)NCC(=O)N1C[C@H](c2ccccc2)C(C)(C)C1. The molecule has 1 aliphatic heterocycles. The predicted molar refractivity (Wildman–Crippen MR) is 86.6 cm³/mol.